The molecule has 0 bridgehead atoms. The lowest BCUT2D eigenvalue weighted by Gasteiger charge is -2.21. The Morgan fingerprint density at radius 2 is 2.21 bits per heavy atom. The second-order valence-electron chi connectivity index (χ2n) is 4.93. The van der Waals surface area contributed by atoms with Gasteiger partial charge >= 0.3 is 0 Å². The Kier molecular flexibility index (Phi) is 3.02. The maximum atomic E-state index is 11.8. The van der Waals surface area contributed by atoms with E-state index in [1.165, 1.54) is 0 Å². The molecule has 3 heterocycles. The van der Waals surface area contributed by atoms with Crippen LogP contribution in [0.2, 0.25) is 0 Å². The van der Waals surface area contributed by atoms with Gasteiger partial charge in [0.25, 0.3) is 0 Å². The Morgan fingerprint density at radius 3 is 2.95 bits per heavy atom. The highest BCUT2D eigenvalue weighted by molar-refractivity contribution is 7.91. The van der Waals surface area contributed by atoms with Crippen molar-refractivity contribution in [2.24, 2.45) is 5.73 Å². The molecule has 0 saturated carbocycles. The van der Waals surface area contributed by atoms with Crippen molar-refractivity contribution in [3.05, 3.63) is 29.7 Å². The number of fused-ring (bicyclic) bond motifs is 1. The summed E-state index contributed by atoms with van der Waals surface area (Å²) in [4.78, 5) is 0. The van der Waals surface area contributed by atoms with Crippen LogP contribution in [0.25, 0.3) is 5.65 Å². The maximum Gasteiger partial charge on any atom is 0.161 e. The summed E-state index contributed by atoms with van der Waals surface area (Å²) in [5.74, 6) is 1.08. The van der Waals surface area contributed by atoms with Gasteiger partial charge < -0.3 is 5.73 Å². The molecule has 2 N–H and O–H groups in total. The Morgan fingerprint density at radius 1 is 1.37 bits per heavy atom. The van der Waals surface area contributed by atoms with E-state index in [9.17, 15) is 8.42 Å². The summed E-state index contributed by atoms with van der Waals surface area (Å²) in [7, 11) is -2.96. The van der Waals surface area contributed by atoms with E-state index in [1.54, 1.807) is 0 Å². The Bertz CT molecular complexity index is 708. The van der Waals surface area contributed by atoms with Crippen molar-refractivity contribution in [3.63, 3.8) is 0 Å². The number of hydrogen-bond acceptors (Lipinski definition) is 5. The number of pyridine rings is 1. The minimum Gasteiger partial charge on any atom is -0.325 e. The number of sulfone groups is 1. The van der Waals surface area contributed by atoms with Gasteiger partial charge in [-0.2, -0.15) is 0 Å². The van der Waals surface area contributed by atoms with Crippen molar-refractivity contribution in [1.82, 2.24) is 14.6 Å². The third kappa shape index (κ3) is 2.23. The van der Waals surface area contributed by atoms with Crippen LogP contribution in [0.1, 0.15) is 30.3 Å². The van der Waals surface area contributed by atoms with Crippen LogP contribution in [0, 0.1) is 0 Å². The summed E-state index contributed by atoms with van der Waals surface area (Å²) in [6.45, 7) is 0.377. The van der Waals surface area contributed by atoms with Gasteiger partial charge in [0.2, 0.25) is 0 Å². The number of rotatable bonds is 2. The quantitative estimate of drug-likeness (QED) is 0.864. The molecule has 3 rings (SSSR count). The van der Waals surface area contributed by atoms with E-state index in [-0.39, 0.29) is 17.4 Å². The van der Waals surface area contributed by atoms with Gasteiger partial charge in [0.1, 0.15) is 5.82 Å². The topological polar surface area (TPSA) is 90.3 Å². The molecule has 102 valence electrons. The molecule has 1 aliphatic heterocycles. The third-order valence-corrected chi connectivity index (χ3v) is 5.39. The van der Waals surface area contributed by atoms with Gasteiger partial charge in [0.05, 0.1) is 11.5 Å². The Balaban J connectivity index is 2.10. The largest absolute Gasteiger partial charge is 0.325 e. The van der Waals surface area contributed by atoms with Gasteiger partial charge in [-0.15, -0.1) is 10.2 Å². The van der Waals surface area contributed by atoms with Gasteiger partial charge in [0.15, 0.2) is 15.5 Å². The van der Waals surface area contributed by atoms with E-state index in [4.69, 9.17) is 5.73 Å². The van der Waals surface area contributed by atoms with Crippen molar-refractivity contribution >= 4 is 15.5 Å². The van der Waals surface area contributed by atoms with E-state index in [2.05, 4.69) is 10.2 Å². The van der Waals surface area contributed by atoms with Crippen molar-refractivity contribution in [2.45, 2.75) is 25.3 Å². The summed E-state index contributed by atoms with van der Waals surface area (Å²) in [6.07, 6.45) is 1.52. The first-order chi connectivity index (χ1) is 9.11. The van der Waals surface area contributed by atoms with Crippen LogP contribution < -0.4 is 5.73 Å². The lowest BCUT2D eigenvalue weighted by molar-refractivity contribution is 0.540. The fourth-order valence-corrected chi connectivity index (χ4v) is 4.38. The van der Waals surface area contributed by atoms with Gasteiger partial charge in [0, 0.05) is 18.2 Å². The molecular weight excluding hydrogens is 264 g/mol. The zero-order valence-electron chi connectivity index (χ0n) is 10.5. The van der Waals surface area contributed by atoms with Crippen LogP contribution in [-0.4, -0.2) is 34.5 Å². The first kappa shape index (κ1) is 12.6. The zero-order valence-corrected chi connectivity index (χ0v) is 11.3. The zero-order chi connectivity index (χ0) is 13.5. The lowest BCUT2D eigenvalue weighted by Crippen LogP contribution is -2.25. The number of nitrogens with zero attached hydrogens (tertiary/aromatic N) is 3. The summed E-state index contributed by atoms with van der Waals surface area (Å²) in [6, 6.07) is 5.65. The van der Waals surface area contributed by atoms with Crippen LogP contribution in [-0.2, 0) is 16.4 Å². The molecule has 1 aliphatic rings. The van der Waals surface area contributed by atoms with Crippen molar-refractivity contribution < 1.29 is 8.42 Å². The molecule has 0 aliphatic carbocycles. The first-order valence-corrected chi connectivity index (χ1v) is 8.16. The molecular formula is C12H16N4O2S. The van der Waals surface area contributed by atoms with Crippen molar-refractivity contribution in [2.75, 3.05) is 11.5 Å². The van der Waals surface area contributed by atoms with Gasteiger partial charge in [-0.25, -0.2) is 8.42 Å². The number of hydrogen-bond donors (Lipinski definition) is 1. The maximum absolute atomic E-state index is 11.8. The molecule has 0 spiro atoms. The molecule has 2 aromatic heterocycles. The molecule has 2 aromatic rings. The Labute approximate surface area is 111 Å². The number of aromatic nitrogens is 3. The molecule has 1 atom stereocenters. The average molecular weight is 280 g/mol. The molecule has 0 amide bonds. The smallest absolute Gasteiger partial charge is 0.161 e. The molecule has 0 aromatic carbocycles. The fraction of sp³-hybridized carbons (Fsp3) is 0.500. The van der Waals surface area contributed by atoms with Gasteiger partial charge in [-0.05, 0) is 25.0 Å². The van der Waals surface area contributed by atoms with Gasteiger partial charge in [-0.3, -0.25) is 4.40 Å². The molecule has 1 saturated heterocycles. The minimum atomic E-state index is -2.96. The van der Waals surface area contributed by atoms with Crippen LogP contribution in [0.3, 0.4) is 0 Å². The highest BCUT2D eigenvalue weighted by atomic mass is 32.2. The van der Waals surface area contributed by atoms with E-state index in [0.717, 1.165) is 23.6 Å². The predicted octanol–water partition coefficient (Wildman–Crippen LogP) is 0.480. The van der Waals surface area contributed by atoms with Crippen LogP contribution in [0.15, 0.2) is 18.2 Å². The second-order valence-corrected chi connectivity index (χ2v) is 7.16. The minimum absolute atomic E-state index is 0.0820. The van der Waals surface area contributed by atoms with E-state index < -0.39 is 9.84 Å². The lowest BCUT2D eigenvalue weighted by atomic mass is 10.0. The van der Waals surface area contributed by atoms with Gasteiger partial charge in [-0.1, -0.05) is 6.07 Å². The molecule has 1 fully saturated rings. The summed E-state index contributed by atoms with van der Waals surface area (Å²) in [5, 5.41) is 8.30. The van der Waals surface area contributed by atoms with E-state index in [0.29, 0.717) is 13.0 Å². The van der Waals surface area contributed by atoms with Crippen LogP contribution in [0.5, 0.6) is 0 Å². The van der Waals surface area contributed by atoms with Crippen LogP contribution >= 0.6 is 0 Å². The van der Waals surface area contributed by atoms with E-state index >= 15 is 0 Å². The number of nitrogens with two attached hydrogens (primary N) is 1. The molecule has 1 unspecified atom stereocenters. The monoisotopic (exact) mass is 280 g/mol. The SMILES string of the molecule is NCc1cccc2nnc(C3CCCS(=O)(=O)C3)n12. The summed E-state index contributed by atoms with van der Waals surface area (Å²) in [5.41, 5.74) is 7.36. The fourth-order valence-electron chi connectivity index (χ4n) is 2.68. The third-order valence-electron chi connectivity index (χ3n) is 3.57. The molecule has 6 nitrogen and oxygen atoms in total. The van der Waals surface area contributed by atoms with Crippen LogP contribution in [0.4, 0.5) is 0 Å². The second kappa shape index (κ2) is 4.57. The highest BCUT2D eigenvalue weighted by Gasteiger charge is 2.29. The standard InChI is InChI=1S/C12H16N4O2S/c13-7-10-4-1-5-11-14-15-12(16(10)11)9-3-2-6-19(17,18)8-9/h1,4-5,9H,2-3,6-8,13H2. The average Bonchev–Trinajstić information content (AvgIpc) is 2.81. The summed E-state index contributed by atoms with van der Waals surface area (Å²) < 4.78 is 25.4. The molecule has 19 heavy (non-hydrogen) atoms. The summed E-state index contributed by atoms with van der Waals surface area (Å²) >= 11 is 0. The molecule has 7 heteroatoms. The van der Waals surface area contributed by atoms with Crippen molar-refractivity contribution in [3.8, 4) is 0 Å². The highest BCUT2D eigenvalue weighted by Crippen LogP contribution is 2.27. The van der Waals surface area contributed by atoms with Crippen molar-refractivity contribution in [1.29, 1.82) is 0 Å². The predicted molar refractivity (Wildman–Crippen MR) is 71.5 cm³/mol. The first-order valence-electron chi connectivity index (χ1n) is 6.34. The Hall–Kier alpha value is -1.47. The normalized spacial score (nSPS) is 22.7. The van der Waals surface area contributed by atoms with E-state index in [1.807, 2.05) is 22.6 Å². The molecule has 0 radical (unpaired) electrons.